The molecule has 0 aliphatic carbocycles. The molecule has 0 spiro atoms. The molecular formula is C19H23N5OS. The molecule has 0 aliphatic rings. The minimum Gasteiger partial charge on any atom is -0.347 e. The van der Waals surface area contributed by atoms with Crippen molar-refractivity contribution in [3.63, 3.8) is 0 Å². The highest BCUT2D eigenvalue weighted by Gasteiger charge is 2.19. The Morgan fingerprint density at radius 2 is 2.00 bits per heavy atom. The van der Waals surface area contributed by atoms with Crippen LogP contribution in [0.5, 0.6) is 0 Å². The summed E-state index contributed by atoms with van der Waals surface area (Å²) in [5, 5.41) is 17.3. The summed E-state index contributed by atoms with van der Waals surface area (Å²) >= 11 is 1.54. The summed E-state index contributed by atoms with van der Waals surface area (Å²) in [5.41, 5.74) is 2.40. The van der Waals surface area contributed by atoms with Gasteiger partial charge in [-0.05, 0) is 40.1 Å². The van der Waals surface area contributed by atoms with Crippen LogP contribution in [0.2, 0.25) is 0 Å². The Bertz CT molecular complexity index is 839. The predicted octanol–water partition coefficient (Wildman–Crippen LogP) is 3.48. The number of benzene rings is 1. The summed E-state index contributed by atoms with van der Waals surface area (Å²) in [4.78, 5) is 14.8. The van der Waals surface area contributed by atoms with Gasteiger partial charge in [-0.25, -0.2) is 0 Å². The number of amides is 1. The fraction of sp³-hybridized carbons (Fsp3) is 0.368. The van der Waals surface area contributed by atoms with E-state index in [1.165, 1.54) is 10.4 Å². The van der Waals surface area contributed by atoms with Gasteiger partial charge in [0.1, 0.15) is 6.54 Å². The first kappa shape index (κ1) is 18.3. The van der Waals surface area contributed by atoms with E-state index in [0.717, 1.165) is 16.9 Å². The van der Waals surface area contributed by atoms with Crippen LogP contribution in [-0.2, 0) is 17.8 Å². The van der Waals surface area contributed by atoms with Crippen LogP contribution in [0.1, 0.15) is 37.9 Å². The number of nitrogens with zero attached hydrogens (tertiary/aromatic N) is 4. The van der Waals surface area contributed by atoms with E-state index in [2.05, 4.69) is 65.8 Å². The van der Waals surface area contributed by atoms with Crippen LogP contribution in [0, 0.1) is 5.92 Å². The summed E-state index contributed by atoms with van der Waals surface area (Å²) < 4.78 is 0. The molecule has 136 valence electrons. The van der Waals surface area contributed by atoms with E-state index in [9.17, 15) is 4.79 Å². The van der Waals surface area contributed by atoms with Crippen LogP contribution in [0.15, 0.2) is 41.8 Å². The van der Waals surface area contributed by atoms with Crippen LogP contribution in [-0.4, -0.2) is 26.1 Å². The Hall–Kier alpha value is -2.54. The third-order valence-electron chi connectivity index (χ3n) is 4.21. The van der Waals surface area contributed by atoms with Crippen molar-refractivity contribution >= 4 is 17.2 Å². The van der Waals surface area contributed by atoms with Crippen LogP contribution in [0.3, 0.4) is 0 Å². The fourth-order valence-corrected chi connectivity index (χ4v) is 3.41. The van der Waals surface area contributed by atoms with Gasteiger partial charge in [0.2, 0.25) is 11.7 Å². The van der Waals surface area contributed by atoms with Crippen molar-refractivity contribution in [3.05, 3.63) is 52.9 Å². The molecule has 0 bridgehead atoms. The lowest BCUT2D eigenvalue weighted by Gasteiger charge is -2.23. The van der Waals surface area contributed by atoms with Gasteiger partial charge in [-0.15, -0.1) is 21.5 Å². The second-order valence-corrected chi connectivity index (χ2v) is 7.45. The van der Waals surface area contributed by atoms with Crippen molar-refractivity contribution in [1.29, 1.82) is 0 Å². The number of thiophene rings is 1. The van der Waals surface area contributed by atoms with Gasteiger partial charge < -0.3 is 5.32 Å². The van der Waals surface area contributed by atoms with E-state index >= 15 is 0 Å². The molecule has 0 saturated carbocycles. The highest BCUT2D eigenvalue weighted by atomic mass is 32.1. The number of rotatable bonds is 7. The number of tetrazole rings is 1. The number of carbonyl (C=O) groups excluding carboxylic acids is 1. The monoisotopic (exact) mass is 369 g/mol. The molecule has 7 heteroatoms. The molecule has 2 heterocycles. The summed E-state index contributed by atoms with van der Waals surface area (Å²) in [7, 11) is 0. The molecule has 0 unspecified atom stereocenters. The highest BCUT2D eigenvalue weighted by molar-refractivity contribution is 7.13. The lowest BCUT2D eigenvalue weighted by molar-refractivity contribution is -0.123. The molecule has 2 aromatic heterocycles. The Morgan fingerprint density at radius 3 is 2.62 bits per heavy atom. The lowest BCUT2D eigenvalue weighted by atomic mass is 9.95. The molecule has 1 amide bonds. The highest BCUT2D eigenvalue weighted by Crippen LogP contribution is 2.22. The molecule has 1 N–H and O–H groups in total. The van der Waals surface area contributed by atoms with Gasteiger partial charge in [0.25, 0.3) is 0 Å². The van der Waals surface area contributed by atoms with Gasteiger partial charge in [-0.3, -0.25) is 4.79 Å². The molecule has 1 aromatic carbocycles. The molecule has 0 saturated heterocycles. The minimum atomic E-state index is -0.126. The van der Waals surface area contributed by atoms with Crippen LogP contribution in [0.25, 0.3) is 10.7 Å². The standard InChI is InChI=1S/C19H23N5OS/c1-4-14-7-9-15(10-8-14)18(13(2)3)20-17(25)12-24-22-19(21-23-24)16-6-5-11-26-16/h5-11,13,18H,4,12H2,1-3H3,(H,20,25)/t18-/m0/s1. The molecule has 0 fully saturated rings. The Labute approximate surface area is 157 Å². The summed E-state index contributed by atoms with van der Waals surface area (Å²) in [5.74, 6) is 0.693. The second-order valence-electron chi connectivity index (χ2n) is 6.51. The Morgan fingerprint density at radius 1 is 1.23 bits per heavy atom. The average Bonchev–Trinajstić information content (AvgIpc) is 3.31. The number of aromatic nitrogens is 4. The molecule has 26 heavy (non-hydrogen) atoms. The SMILES string of the molecule is CCc1ccc([C@@H](NC(=O)Cn2nnc(-c3cccs3)n2)C(C)C)cc1. The second kappa shape index (κ2) is 8.23. The van der Waals surface area contributed by atoms with Gasteiger partial charge in [-0.2, -0.15) is 4.80 Å². The molecule has 1 atom stereocenters. The van der Waals surface area contributed by atoms with Crippen molar-refractivity contribution < 1.29 is 4.79 Å². The first-order chi connectivity index (χ1) is 12.6. The van der Waals surface area contributed by atoms with E-state index < -0.39 is 0 Å². The maximum absolute atomic E-state index is 12.5. The van der Waals surface area contributed by atoms with Gasteiger partial charge >= 0.3 is 0 Å². The third kappa shape index (κ3) is 4.35. The number of hydrogen-bond acceptors (Lipinski definition) is 5. The first-order valence-corrected chi connectivity index (χ1v) is 9.64. The molecule has 6 nitrogen and oxygen atoms in total. The van der Waals surface area contributed by atoms with E-state index in [-0.39, 0.29) is 24.4 Å². The fourth-order valence-electron chi connectivity index (χ4n) is 2.76. The predicted molar refractivity (Wildman–Crippen MR) is 103 cm³/mol. The molecule has 0 aliphatic heterocycles. The Balaban J connectivity index is 1.66. The van der Waals surface area contributed by atoms with Crippen molar-refractivity contribution in [2.75, 3.05) is 0 Å². The van der Waals surface area contributed by atoms with Gasteiger partial charge in [0.05, 0.1) is 10.9 Å². The van der Waals surface area contributed by atoms with Crippen molar-refractivity contribution in [2.45, 2.75) is 39.8 Å². The van der Waals surface area contributed by atoms with E-state index in [1.54, 1.807) is 11.3 Å². The molecular weight excluding hydrogens is 346 g/mol. The maximum atomic E-state index is 12.5. The zero-order valence-corrected chi connectivity index (χ0v) is 16.0. The third-order valence-corrected chi connectivity index (χ3v) is 5.08. The number of aryl methyl sites for hydroxylation is 1. The van der Waals surface area contributed by atoms with Crippen LogP contribution in [0.4, 0.5) is 0 Å². The van der Waals surface area contributed by atoms with Crippen molar-refractivity contribution in [2.24, 2.45) is 5.92 Å². The van der Waals surface area contributed by atoms with Gasteiger partial charge in [0.15, 0.2) is 0 Å². The lowest BCUT2D eigenvalue weighted by Crippen LogP contribution is -2.34. The summed E-state index contributed by atoms with van der Waals surface area (Å²) in [6, 6.07) is 12.2. The largest absolute Gasteiger partial charge is 0.347 e. The van der Waals surface area contributed by atoms with Crippen molar-refractivity contribution in [1.82, 2.24) is 25.5 Å². The average molecular weight is 369 g/mol. The molecule has 3 aromatic rings. The number of nitrogens with one attached hydrogen (secondary N) is 1. The quantitative estimate of drug-likeness (QED) is 0.692. The summed E-state index contributed by atoms with van der Waals surface area (Å²) in [6.07, 6.45) is 1.00. The summed E-state index contributed by atoms with van der Waals surface area (Å²) in [6.45, 7) is 6.38. The Kier molecular flexibility index (Phi) is 5.78. The van der Waals surface area contributed by atoms with E-state index in [1.807, 2.05) is 17.5 Å². The number of carbonyl (C=O) groups is 1. The topological polar surface area (TPSA) is 72.7 Å². The zero-order valence-electron chi connectivity index (χ0n) is 15.2. The van der Waals surface area contributed by atoms with Crippen molar-refractivity contribution in [3.8, 4) is 10.7 Å². The van der Waals surface area contributed by atoms with Gasteiger partial charge in [-0.1, -0.05) is 51.1 Å². The minimum absolute atomic E-state index is 0.0475. The van der Waals surface area contributed by atoms with E-state index in [0.29, 0.717) is 5.82 Å². The first-order valence-electron chi connectivity index (χ1n) is 8.76. The molecule has 0 radical (unpaired) electrons. The zero-order chi connectivity index (χ0) is 18.5. The molecule has 3 rings (SSSR count). The smallest absolute Gasteiger partial charge is 0.244 e. The van der Waals surface area contributed by atoms with Crippen LogP contribution < -0.4 is 5.32 Å². The van der Waals surface area contributed by atoms with E-state index in [4.69, 9.17) is 0 Å². The maximum Gasteiger partial charge on any atom is 0.244 e. The van der Waals surface area contributed by atoms with Crippen LogP contribution >= 0.6 is 11.3 Å². The normalized spacial score (nSPS) is 12.3. The van der Waals surface area contributed by atoms with Gasteiger partial charge in [0, 0.05) is 0 Å². The number of hydrogen-bond donors (Lipinski definition) is 1.